The molecule has 4 nitrogen and oxygen atoms in total. The summed E-state index contributed by atoms with van der Waals surface area (Å²) in [5, 5.41) is 11.4. The molecule has 3 aromatic rings. The normalized spacial score (nSPS) is 16.2. The van der Waals surface area contributed by atoms with Crippen LogP contribution in [0, 0.1) is 5.82 Å². The number of allylic oxidation sites excluding steroid dienone is 1. The van der Waals surface area contributed by atoms with Crippen LogP contribution in [0.25, 0.3) is 10.9 Å². The van der Waals surface area contributed by atoms with Crippen LogP contribution in [0.1, 0.15) is 22.3 Å². The predicted molar refractivity (Wildman–Crippen MR) is 100 cm³/mol. The maximum Gasteiger partial charge on any atom is 0.207 e. The fourth-order valence-electron chi connectivity index (χ4n) is 3.14. The number of phenols is 1. The molecule has 27 heavy (non-hydrogen) atoms. The van der Waals surface area contributed by atoms with Gasteiger partial charge in [0.1, 0.15) is 11.3 Å². The summed E-state index contributed by atoms with van der Waals surface area (Å²) in [6, 6.07) is 11.0. The fourth-order valence-corrected chi connectivity index (χ4v) is 3.41. The highest BCUT2D eigenvalue weighted by Gasteiger charge is 2.29. The molecule has 0 bridgehead atoms. The van der Waals surface area contributed by atoms with Gasteiger partial charge in [-0.25, -0.2) is 4.39 Å². The highest BCUT2D eigenvalue weighted by atomic mass is 35.5. The Morgan fingerprint density at radius 1 is 1.30 bits per heavy atom. The lowest BCUT2D eigenvalue weighted by molar-refractivity contribution is 0.0702. The summed E-state index contributed by atoms with van der Waals surface area (Å²) in [5.41, 5.74) is 1.26. The Hall–Kier alpha value is -2.92. The summed E-state index contributed by atoms with van der Waals surface area (Å²) in [7, 11) is 0. The number of aromatic hydroxyl groups is 1. The SMILES string of the molecule is O=C(c1cc(Cl)c2cccnc2c1O)C1CC=C(Cc2ccc(F)cc2)O1. The highest BCUT2D eigenvalue weighted by molar-refractivity contribution is 6.36. The summed E-state index contributed by atoms with van der Waals surface area (Å²) in [6.07, 6.45) is 3.50. The zero-order valence-electron chi connectivity index (χ0n) is 14.2. The first-order valence-corrected chi connectivity index (χ1v) is 8.81. The summed E-state index contributed by atoms with van der Waals surface area (Å²) in [5.74, 6) is -0.210. The summed E-state index contributed by atoms with van der Waals surface area (Å²) < 4.78 is 18.8. The van der Waals surface area contributed by atoms with Gasteiger partial charge >= 0.3 is 0 Å². The van der Waals surface area contributed by atoms with Crippen LogP contribution in [0.3, 0.4) is 0 Å². The molecule has 0 saturated heterocycles. The molecule has 136 valence electrons. The van der Waals surface area contributed by atoms with E-state index in [0.717, 1.165) is 5.56 Å². The van der Waals surface area contributed by atoms with Crippen LogP contribution < -0.4 is 0 Å². The molecule has 1 atom stereocenters. The Balaban J connectivity index is 1.54. The average Bonchev–Trinajstić information content (AvgIpc) is 3.14. The lowest BCUT2D eigenvalue weighted by Gasteiger charge is -2.14. The zero-order valence-corrected chi connectivity index (χ0v) is 14.9. The summed E-state index contributed by atoms with van der Waals surface area (Å²) >= 11 is 6.25. The van der Waals surface area contributed by atoms with Gasteiger partial charge in [-0.05, 0) is 42.0 Å². The number of carbonyl (C=O) groups is 1. The Labute approximate surface area is 159 Å². The second-order valence-electron chi connectivity index (χ2n) is 6.33. The number of benzene rings is 2. The number of pyridine rings is 1. The molecule has 1 unspecified atom stereocenters. The van der Waals surface area contributed by atoms with Gasteiger partial charge in [0.25, 0.3) is 0 Å². The predicted octanol–water partition coefficient (Wildman–Crippen LogP) is 4.83. The van der Waals surface area contributed by atoms with Crippen molar-refractivity contribution < 1.29 is 19.0 Å². The van der Waals surface area contributed by atoms with Crippen LogP contribution in [-0.4, -0.2) is 22.0 Å². The van der Waals surface area contributed by atoms with Crippen molar-refractivity contribution in [1.29, 1.82) is 0 Å². The number of carbonyl (C=O) groups excluding carboxylic acids is 1. The van der Waals surface area contributed by atoms with Gasteiger partial charge in [0.15, 0.2) is 11.9 Å². The van der Waals surface area contributed by atoms with Gasteiger partial charge < -0.3 is 9.84 Å². The molecule has 4 rings (SSSR count). The van der Waals surface area contributed by atoms with E-state index in [-0.39, 0.29) is 28.4 Å². The third-order valence-corrected chi connectivity index (χ3v) is 4.83. The maximum atomic E-state index is 13.0. The number of ether oxygens (including phenoxy) is 1. The molecular formula is C21H15ClFNO3. The van der Waals surface area contributed by atoms with Crippen molar-refractivity contribution in [3.63, 3.8) is 0 Å². The number of ketones is 1. The molecule has 0 radical (unpaired) electrons. The molecule has 1 aliphatic rings. The molecule has 1 aliphatic heterocycles. The number of halogens is 2. The number of rotatable bonds is 4. The lowest BCUT2D eigenvalue weighted by atomic mass is 10.0. The van der Waals surface area contributed by atoms with Crippen LogP contribution in [-0.2, 0) is 11.2 Å². The van der Waals surface area contributed by atoms with Gasteiger partial charge in [-0.15, -0.1) is 0 Å². The fraction of sp³-hybridized carbons (Fsp3) is 0.143. The van der Waals surface area contributed by atoms with Crippen LogP contribution in [0.4, 0.5) is 4.39 Å². The molecule has 1 aromatic heterocycles. The monoisotopic (exact) mass is 383 g/mol. The number of fused-ring (bicyclic) bond motifs is 1. The second kappa shape index (κ2) is 7.00. The van der Waals surface area contributed by atoms with E-state index in [2.05, 4.69) is 4.98 Å². The Bertz CT molecular complexity index is 1060. The van der Waals surface area contributed by atoms with Gasteiger partial charge in [0.2, 0.25) is 5.78 Å². The van der Waals surface area contributed by atoms with Gasteiger partial charge in [0.05, 0.1) is 16.3 Å². The standard InChI is InChI=1S/C21H15ClFNO3/c22-17-11-16(21(26)19-15(17)2-1-9-24-19)20(25)18-8-7-14(27-18)10-12-3-5-13(23)6-4-12/h1-7,9,11,18,26H,8,10H2. The first-order valence-electron chi connectivity index (χ1n) is 8.43. The van der Waals surface area contributed by atoms with Crippen molar-refractivity contribution in [3.05, 3.63) is 82.5 Å². The molecule has 0 amide bonds. The van der Waals surface area contributed by atoms with Crippen LogP contribution >= 0.6 is 11.6 Å². The van der Waals surface area contributed by atoms with Crippen molar-refractivity contribution in [2.45, 2.75) is 18.9 Å². The molecule has 2 heterocycles. The van der Waals surface area contributed by atoms with E-state index in [0.29, 0.717) is 29.0 Å². The van der Waals surface area contributed by atoms with E-state index in [9.17, 15) is 14.3 Å². The number of Topliss-reactive ketones (excluding diaryl/α,β-unsaturated/α-hetero) is 1. The van der Waals surface area contributed by atoms with E-state index >= 15 is 0 Å². The number of aromatic nitrogens is 1. The van der Waals surface area contributed by atoms with Gasteiger partial charge in [-0.2, -0.15) is 0 Å². The Morgan fingerprint density at radius 3 is 2.85 bits per heavy atom. The van der Waals surface area contributed by atoms with Crippen molar-refractivity contribution in [1.82, 2.24) is 4.98 Å². The van der Waals surface area contributed by atoms with E-state index in [1.54, 1.807) is 24.3 Å². The van der Waals surface area contributed by atoms with Gasteiger partial charge in [-0.1, -0.05) is 23.7 Å². The largest absolute Gasteiger partial charge is 0.505 e. The Morgan fingerprint density at radius 2 is 2.07 bits per heavy atom. The smallest absolute Gasteiger partial charge is 0.207 e. The van der Waals surface area contributed by atoms with Crippen molar-refractivity contribution >= 4 is 28.3 Å². The van der Waals surface area contributed by atoms with E-state index < -0.39 is 6.10 Å². The summed E-state index contributed by atoms with van der Waals surface area (Å²) in [4.78, 5) is 17.0. The minimum Gasteiger partial charge on any atom is -0.505 e. The topological polar surface area (TPSA) is 59.4 Å². The molecule has 6 heteroatoms. The van der Waals surface area contributed by atoms with Crippen molar-refractivity contribution in [2.75, 3.05) is 0 Å². The lowest BCUT2D eigenvalue weighted by Crippen LogP contribution is -2.20. The van der Waals surface area contributed by atoms with E-state index in [1.165, 1.54) is 24.4 Å². The van der Waals surface area contributed by atoms with E-state index in [1.807, 2.05) is 6.08 Å². The molecule has 0 saturated carbocycles. The van der Waals surface area contributed by atoms with Crippen LogP contribution in [0.5, 0.6) is 5.75 Å². The van der Waals surface area contributed by atoms with E-state index in [4.69, 9.17) is 16.3 Å². The van der Waals surface area contributed by atoms with Crippen LogP contribution in [0.15, 0.2) is 60.5 Å². The van der Waals surface area contributed by atoms with Crippen molar-refractivity contribution in [2.24, 2.45) is 0 Å². The number of hydrogen-bond donors (Lipinski definition) is 1. The number of nitrogens with zero attached hydrogens (tertiary/aromatic N) is 1. The average molecular weight is 384 g/mol. The first-order chi connectivity index (χ1) is 13.0. The maximum absolute atomic E-state index is 13.0. The third kappa shape index (κ3) is 3.38. The minimum atomic E-state index is -0.733. The molecule has 0 fully saturated rings. The molecule has 1 N–H and O–H groups in total. The molecule has 0 aliphatic carbocycles. The van der Waals surface area contributed by atoms with Crippen LogP contribution in [0.2, 0.25) is 5.02 Å². The Kier molecular flexibility index (Phi) is 4.54. The van der Waals surface area contributed by atoms with Crippen molar-refractivity contribution in [3.8, 4) is 5.75 Å². The minimum absolute atomic E-state index is 0.0904. The van der Waals surface area contributed by atoms with Gasteiger partial charge in [0, 0.05) is 24.4 Å². The second-order valence-corrected chi connectivity index (χ2v) is 6.74. The molecular weight excluding hydrogens is 369 g/mol. The molecule has 2 aromatic carbocycles. The summed E-state index contributed by atoms with van der Waals surface area (Å²) in [6.45, 7) is 0. The zero-order chi connectivity index (χ0) is 19.0. The number of hydrogen-bond acceptors (Lipinski definition) is 4. The highest BCUT2D eigenvalue weighted by Crippen LogP contribution is 2.35. The molecule has 0 spiro atoms. The third-order valence-electron chi connectivity index (χ3n) is 4.52. The quantitative estimate of drug-likeness (QED) is 0.655. The first kappa shape index (κ1) is 17.5. The van der Waals surface area contributed by atoms with Gasteiger partial charge in [-0.3, -0.25) is 9.78 Å². The number of phenolic OH excluding ortho intramolecular Hbond substituents is 1.